The molecule has 1 fully saturated rings. The molecule has 5 nitrogen and oxygen atoms in total. The van der Waals surface area contributed by atoms with Crippen molar-refractivity contribution in [2.75, 3.05) is 25.0 Å². The quantitative estimate of drug-likeness (QED) is 0.626. The third kappa shape index (κ3) is 7.30. The SMILES string of the molecule is NC(=O)CN(CCC1CCCCC1)CC(=O)Nc1ccccc1Cc1ccccc1. The second kappa shape index (κ2) is 11.5. The van der Waals surface area contributed by atoms with Crippen molar-refractivity contribution in [3.63, 3.8) is 0 Å². The first-order valence-electron chi connectivity index (χ1n) is 11.0. The van der Waals surface area contributed by atoms with Crippen LogP contribution < -0.4 is 11.1 Å². The van der Waals surface area contributed by atoms with Gasteiger partial charge < -0.3 is 11.1 Å². The molecular formula is C25H33N3O2. The van der Waals surface area contributed by atoms with Crippen molar-refractivity contribution in [1.82, 2.24) is 4.90 Å². The molecule has 0 saturated heterocycles. The van der Waals surface area contributed by atoms with Crippen LogP contribution >= 0.6 is 0 Å². The summed E-state index contributed by atoms with van der Waals surface area (Å²) in [6.45, 7) is 1.02. The molecule has 1 aliphatic carbocycles. The van der Waals surface area contributed by atoms with Gasteiger partial charge in [-0.05, 0) is 42.5 Å². The van der Waals surface area contributed by atoms with Crippen LogP contribution in [0, 0.1) is 5.92 Å². The number of rotatable bonds is 10. The van der Waals surface area contributed by atoms with Crippen LogP contribution in [0.5, 0.6) is 0 Å². The van der Waals surface area contributed by atoms with E-state index in [0.29, 0.717) is 5.92 Å². The van der Waals surface area contributed by atoms with Crippen molar-refractivity contribution in [1.29, 1.82) is 0 Å². The van der Waals surface area contributed by atoms with Crippen molar-refractivity contribution >= 4 is 17.5 Å². The first kappa shape index (κ1) is 22.0. The van der Waals surface area contributed by atoms with Crippen molar-refractivity contribution in [2.45, 2.75) is 44.9 Å². The number of primary amides is 1. The third-order valence-corrected chi connectivity index (χ3v) is 5.85. The highest BCUT2D eigenvalue weighted by Crippen LogP contribution is 2.26. The van der Waals surface area contributed by atoms with Gasteiger partial charge in [0.15, 0.2) is 0 Å². The van der Waals surface area contributed by atoms with Crippen LogP contribution in [0.1, 0.15) is 49.7 Å². The number of anilines is 1. The minimum absolute atomic E-state index is 0.111. The molecule has 1 saturated carbocycles. The number of nitrogens with two attached hydrogens (primary N) is 1. The van der Waals surface area contributed by atoms with E-state index in [0.717, 1.165) is 30.6 Å². The van der Waals surface area contributed by atoms with Gasteiger partial charge in [0.1, 0.15) is 0 Å². The molecule has 30 heavy (non-hydrogen) atoms. The van der Waals surface area contributed by atoms with Gasteiger partial charge in [0, 0.05) is 5.69 Å². The molecule has 3 rings (SSSR count). The predicted molar refractivity (Wildman–Crippen MR) is 121 cm³/mol. The van der Waals surface area contributed by atoms with Gasteiger partial charge in [-0.1, -0.05) is 80.6 Å². The molecule has 160 valence electrons. The Morgan fingerprint density at radius 1 is 0.933 bits per heavy atom. The number of hydrogen-bond donors (Lipinski definition) is 2. The van der Waals surface area contributed by atoms with Gasteiger partial charge in [0.25, 0.3) is 0 Å². The van der Waals surface area contributed by atoms with Crippen LogP contribution in [0.25, 0.3) is 0 Å². The third-order valence-electron chi connectivity index (χ3n) is 5.85. The number of nitrogens with zero attached hydrogens (tertiary/aromatic N) is 1. The zero-order valence-corrected chi connectivity index (χ0v) is 17.7. The van der Waals surface area contributed by atoms with Gasteiger partial charge in [-0.15, -0.1) is 0 Å². The fourth-order valence-electron chi connectivity index (χ4n) is 4.28. The summed E-state index contributed by atoms with van der Waals surface area (Å²) in [6, 6.07) is 18.1. The van der Waals surface area contributed by atoms with E-state index in [1.54, 1.807) is 0 Å². The van der Waals surface area contributed by atoms with E-state index in [1.807, 2.05) is 47.4 Å². The Morgan fingerprint density at radius 3 is 2.37 bits per heavy atom. The lowest BCUT2D eigenvalue weighted by atomic mass is 9.87. The number of carbonyl (C=O) groups excluding carboxylic acids is 2. The monoisotopic (exact) mass is 407 g/mol. The lowest BCUT2D eigenvalue weighted by Gasteiger charge is -2.26. The summed E-state index contributed by atoms with van der Waals surface area (Å²) in [5.74, 6) is 0.195. The Bertz CT molecular complexity index is 816. The fraction of sp³-hybridized carbons (Fsp3) is 0.440. The Morgan fingerprint density at radius 2 is 1.63 bits per heavy atom. The maximum atomic E-state index is 12.8. The summed E-state index contributed by atoms with van der Waals surface area (Å²) >= 11 is 0. The summed E-state index contributed by atoms with van der Waals surface area (Å²) in [5, 5.41) is 3.04. The van der Waals surface area contributed by atoms with E-state index in [9.17, 15) is 9.59 Å². The lowest BCUT2D eigenvalue weighted by molar-refractivity contribution is -0.121. The molecule has 0 bridgehead atoms. The van der Waals surface area contributed by atoms with Gasteiger partial charge in [-0.2, -0.15) is 0 Å². The highest BCUT2D eigenvalue weighted by atomic mass is 16.2. The number of nitrogens with one attached hydrogen (secondary N) is 1. The van der Waals surface area contributed by atoms with Crippen LogP contribution in [0.15, 0.2) is 54.6 Å². The second-order valence-electron chi connectivity index (χ2n) is 8.34. The van der Waals surface area contributed by atoms with E-state index >= 15 is 0 Å². The van der Waals surface area contributed by atoms with E-state index in [4.69, 9.17) is 5.73 Å². The normalized spacial score (nSPS) is 14.6. The number of benzene rings is 2. The number of amides is 2. The highest BCUT2D eigenvalue weighted by molar-refractivity contribution is 5.93. The van der Waals surface area contributed by atoms with Crippen LogP contribution in [-0.2, 0) is 16.0 Å². The number of hydrogen-bond acceptors (Lipinski definition) is 3. The summed E-state index contributed by atoms with van der Waals surface area (Å²) in [6.07, 6.45) is 8.19. The highest BCUT2D eigenvalue weighted by Gasteiger charge is 2.18. The molecule has 0 spiro atoms. The first-order chi connectivity index (χ1) is 14.6. The number of para-hydroxylation sites is 1. The van der Waals surface area contributed by atoms with Crippen LogP contribution in [0.3, 0.4) is 0 Å². The topological polar surface area (TPSA) is 75.4 Å². The fourth-order valence-corrected chi connectivity index (χ4v) is 4.28. The standard InChI is InChI=1S/C25H33N3O2/c26-24(29)18-28(16-15-20-9-3-1-4-10-20)19-25(30)27-23-14-8-7-13-22(23)17-21-11-5-2-6-12-21/h2,5-8,11-14,20H,1,3-4,9-10,15-19H2,(H2,26,29)(H,27,30). The van der Waals surface area contributed by atoms with Gasteiger partial charge in [-0.25, -0.2) is 0 Å². The summed E-state index contributed by atoms with van der Waals surface area (Å²) in [5.41, 5.74) is 8.51. The van der Waals surface area contributed by atoms with Crippen LogP contribution in [0.2, 0.25) is 0 Å². The summed E-state index contributed by atoms with van der Waals surface area (Å²) < 4.78 is 0. The molecule has 2 aromatic carbocycles. The minimum Gasteiger partial charge on any atom is -0.369 e. The molecule has 1 aliphatic rings. The largest absolute Gasteiger partial charge is 0.369 e. The molecular weight excluding hydrogens is 374 g/mol. The van der Waals surface area contributed by atoms with E-state index in [2.05, 4.69) is 17.4 Å². The molecule has 0 atom stereocenters. The maximum absolute atomic E-state index is 12.8. The Balaban J connectivity index is 1.58. The molecule has 2 amide bonds. The molecule has 0 aromatic heterocycles. The van der Waals surface area contributed by atoms with E-state index in [1.165, 1.54) is 37.7 Å². The van der Waals surface area contributed by atoms with Gasteiger partial charge in [0.05, 0.1) is 13.1 Å². The molecule has 3 N–H and O–H groups in total. The van der Waals surface area contributed by atoms with Crippen LogP contribution in [0.4, 0.5) is 5.69 Å². The molecule has 0 aliphatic heterocycles. The molecule has 0 heterocycles. The molecule has 5 heteroatoms. The van der Waals surface area contributed by atoms with Gasteiger partial charge in [-0.3, -0.25) is 14.5 Å². The second-order valence-corrected chi connectivity index (χ2v) is 8.34. The maximum Gasteiger partial charge on any atom is 0.238 e. The van der Waals surface area contributed by atoms with Crippen molar-refractivity contribution in [3.8, 4) is 0 Å². The molecule has 0 radical (unpaired) electrons. The molecule has 2 aromatic rings. The smallest absolute Gasteiger partial charge is 0.238 e. The first-order valence-corrected chi connectivity index (χ1v) is 11.0. The van der Waals surface area contributed by atoms with Crippen LogP contribution in [-0.4, -0.2) is 36.3 Å². The van der Waals surface area contributed by atoms with Gasteiger partial charge in [0.2, 0.25) is 11.8 Å². The average molecular weight is 408 g/mol. The predicted octanol–water partition coefficient (Wildman–Crippen LogP) is 3.97. The Kier molecular flexibility index (Phi) is 8.45. The van der Waals surface area contributed by atoms with Crippen molar-refractivity contribution in [3.05, 3.63) is 65.7 Å². The molecule has 0 unspecified atom stereocenters. The average Bonchev–Trinajstić information content (AvgIpc) is 2.74. The van der Waals surface area contributed by atoms with E-state index < -0.39 is 5.91 Å². The van der Waals surface area contributed by atoms with Gasteiger partial charge >= 0.3 is 0 Å². The Labute approximate surface area is 179 Å². The zero-order valence-electron chi connectivity index (χ0n) is 17.7. The van der Waals surface area contributed by atoms with E-state index in [-0.39, 0.29) is 19.0 Å². The Hall–Kier alpha value is -2.66. The minimum atomic E-state index is -0.393. The summed E-state index contributed by atoms with van der Waals surface area (Å²) in [7, 11) is 0. The van der Waals surface area contributed by atoms with Crippen molar-refractivity contribution < 1.29 is 9.59 Å². The zero-order chi connectivity index (χ0) is 21.2. The number of carbonyl (C=O) groups is 2. The van der Waals surface area contributed by atoms with Crippen molar-refractivity contribution in [2.24, 2.45) is 11.7 Å². The lowest BCUT2D eigenvalue weighted by Crippen LogP contribution is -2.40. The summed E-state index contributed by atoms with van der Waals surface area (Å²) in [4.78, 5) is 26.1.